The number of hydrogen-bond donors (Lipinski definition) is 2. The van der Waals surface area contributed by atoms with Gasteiger partial charge in [0.2, 0.25) is 5.91 Å². The SMILES string of the molecule is Cc1cc(NC(=O)CC2CCCCO2)sc1C(=O)O. The summed E-state index contributed by atoms with van der Waals surface area (Å²) in [5, 5.41) is 12.3. The molecule has 0 radical (unpaired) electrons. The van der Waals surface area contributed by atoms with Crippen molar-refractivity contribution in [2.24, 2.45) is 0 Å². The lowest BCUT2D eigenvalue weighted by Crippen LogP contribution is -2.25. The number of aromatic carboxylic acids is 1. The molecule has 1 unspecified atom stereocenters. The Morgan fingerprint density at radius 3 is 2.89 bits per heavy atom. The van der Waals surface area contributed by atoms with Gasteiger partial charge in [0.05, 0.1) is 17.5 Å². The van der Waals surface area contributed by atoms with Gasteiger partial charge in [-0.2, -0.15) is 0 Å². The monoisotopic (exact) mass is 283 g/mol. The van der Waals surface area contributed by atoms with E-state index in [1.807, 2.05) is 0 Å². The fourth-order valence-electron chi connectivity index (χ4n) is 2.12. The maximum absolute atomic E-state index is 11.8. The van der Waals surface area contributed by atoms with Crippen LogP contribution in [0.1, 0.15) is 40.9 Å². The van der Waals surface area contributed by atoms with Gasteiger partial charge in [0, 0.05) is 6.61 Å². The Bertz CT molecular complexity index is 477. The summed E-state index contributed by atoms with van der Waals surface area (Å²) in [6.07, 6.45) is 3.40. The average Bonchev–Trinajstić information content (AvgIpc) is 2.71. The van der Waals surface area contributed by atoms with Crippen molar-refractivity contribution >= 4 is 28.2 Å². The standard InChI is InChI=1S/C13H17NO4S/c1-8-6-11(19-12(8)13(16)17)14-10(15)7-9-4-2-3-5-18-9/h6,9H,2-5,7H2,1H3,(H,14,15)(H,16,17). The number of carboxylic acid groups (broad SMARTS) is 1. The van der Waals surface area contributed by atoms with Gasteiger partial charge in [-0.15, -0.1) is 11.3 Å². The van der Waals surface area contributed by atoms with Crippen LogP contribution in [0.5, 0.6) is 0 Å². The summed E-state index contributed by atoms with van der Waals surface area (Å²) < 4.78 is 5.50. The van der Waals surface area contributed by atoms with E-state index in [1.165, 1.54) is 0 Å². The summed E-state index contributed by atoms with van der Waals surface area (Å²) in [6, 6.07) is 1.69. The minimum absolute atomic E-state index is 0.00578. The first-order chi connectivity index (χ1) is 9.06. The molecule has 104 valence electrons. The molecule has 5 nitrogen and oxygen atoms in total. The van der Waals surface area contributed by atoms with E-state index in [2.05, 4.69) is 5.32 Å². The van der Waals surface area contributed by atoms with Gasteiger partial charge in [-0.3, -0.25) is 4.79 Å². The summed E-state index contributed by atoms with van der Waals surface area (Å²) in [5.74, 6) is -1.08. The summed E-state index contributed by atoms with van der Waals surface area (Å²) in [4.78, 5) is 23.0. The van der Waals surface area contributed by atoms with Crippen molar-refractivity contribution in [3.63, 3.8) is 0 Å². The van der Waals surface area contributed by atoms with Crippen molar-refractivity contribution in [3.05, 3.63) is 16.5 Å². The number of amides is 1. The molecule has 6 heteroatoms. The third kappa shape index (κ3) is 3.78. The number of anilines is 1. The van der Waals surface area contributed by atoms with Crippen LogP contribution in [-0.4, -0.2) is 29.7 Å². The molecule has 1 aliphatic rings. The van der Waals surface area contributed by atoms with Crippen molar-refractivity contribution in [2.75, 3.05) is 11.9 Å². The highest BCUT2D eigenvalue weighted by Crippen LogP contribution is 2.27. The number of nitrogens with one attached hydrogen (secondary N) is 1. The van der Waals surface area contributed by atoms with Gasteiger partial charge < -0.3 is 15.2 Å². The third-order valence-electron chi connectivity index (χ3n) is 3.06. The van der Waals surface area contributed by atoms with E-state index in [-0.39, 0.29) is 16.9 Å². The van der Waals surface area contributed by atoms with Gasteiger partial charge in [-0.25, -0.2) is 4.79 Å². The number of ether oxygens (including phenoxy) is 1. The molecule has 2 N–H and O–H groups in total. The molecule has 0 aliphatic carbocycles. The Hall–Kier alpha value is -1.40. The van der Waals surface area contributed by atoms with Crippen LogP contribution in [-0.2, 0) is 9.53 Å². The first kappa shape index (κ1) is 14.0. The van der Waals surface area contributed by atoms with Crippen LogP contribution in [0.15, 0.2) is 6.07 Å². The highest BCUT2D eigenvalue weighted by Gasteiger charge is 2.19. The molecule has 1 aromatic rings. The van der Waals surface area contributed by atoms with E-state index in [4.69, 9.17) is 9.84 Å². The predicted octanol–water partition coefficient (Wildman–Crippen LogP) is 2.65. The molecule has 1 amide bonds. The topological polar surface area (TPSA) is 75.6 Å². The molecule has 0 saturated carbocycles. The van der Waals surface area contributed by atoms with Gasteiger partial charge in [0.15, 0.2) is 0 Å². The minimum atomic E-state index is -0.960. The zero-order chi connectivity index (χ0) is 13.8. The normalized spacial score (nSPS) is 19.1. The molecular formula is C13H17NO4S. The Morgan fingerprint density at radius 2 is 2.32 bits per heavy atom. The van der Waals surface area contributed by atoms with E-state index in [1.54, 1.807) is 13.0 Å². The second-order valence-corrected chi connectivity index (χ2v) is 5.72. The zero-order valence-electron chi connectivity index (χ0n) is 10.8. The summed E-state index contributed by atoms with van der Waals surface area (Å²) >= 11 is 1.09. The average molecular weight is 283 g/mol. The first-order valence-corrected chi connectivity index (χ1v) is 7.13. The number of carbonyl (C=O) groups excluding carboxylic acids is 1. The van der Waals surface area contributed by atoms with Crippen LogP contribution in [0, 0.1) is 6.92 Å². The maximum atomic E-state index is 11.8. The quantitative estimate of drug-likeness (QED) is 0.890. The fraction of sp³-hybridized carbons (Fsp3) is 0.538. The highest BCUT2D eigenvalue weighted by atomic mass is 32.1. The van der Waals surface area contributed by atoms with E-state index >= 15 is 0 Å². The first-order valence-electron chi connectivity index (χ1n) is 6.31. The number of hydrogen-bond acceptors (Lipinski definition) is 4. The van der Waals surface area contributed by atoms with Crippen LogP contribution < -0.4 is 5.32 Å². The molecule has 2 rings (SSSR count). The van der Waals surface area contributed by atoms with Crippen LogP contribution in [0.4, 0.5) is 5.00 Å². The molecular weight excluding hydrogens is 266 g/mol. The molecule has 19 heavy (non-hydrogen) atoms. The van der Waals surface area contributed by atoms with Crippen molar-refractivity contribution in [3.8, 4) is 0 Å². The largest absolute Gasteiger partial charge is 0.477 e. The van der Waals surface area contributed by atoms with Crippen LogP contribution in [0.3, 0.4) is 0 Å². The Labute approximate surface area is 115 Å². The Kier molecular flexibility index (Phi) is 4.55. The van der Waals surface area contributed by atoms with E-state index in [9.17, 15) is 9.59 Å². The molecule has 1 aliphatic heterocycles. The Balaban J connectivity index is 1.91. The summed E-state index contributed by atoms with van der Waals surface area (Å²) in [5.41, 5.74) is 0.668. The molecule has 0 aromatic carbocycles. The number of carbonyl (C=O) groups is 2. The van der Waals surface area contributed by atoms with Crippen LogP contribution in [0.25, 0.3) is 0 Å². The second kappa shape index (κ2) is 6.16. The third-order valence-corrected chi connectivity index (χ3v) is 4.20. The van der Waals surface area contributed by atoms with Crippen molar-refractivity contribution < 1.29 is 19.4 Å². The van der Waals surface area contributed by atoms with Crippen molar-refractivity contribution in [1.82, 2.24) is 0 Å². The number of aryl methyl sites for hydroxylation is 1. The van der Waals surface area contributed by atoms with Crippen LogP contribution in [0.2, 0.25) is 0 Å². The molecule has 1 aromatic heterocycles. The second-order valence-electron chi connectivity index (χ2n) is 4.67. The lowest BCUT2D eigenvalue weighted by atomic mass is 10.1. The number of thiophene rings is 1. The molecule has 1 fully saturated rings. The van der Waals surface area contributed by atoms with Gasteiger partial charge >= 0.3 is 5.97 Å². The van der Waals surface area contributed by atoms with Crippen LogP contribution >= 0.6 is 11.3 Å². The molecule has 2 heterocycles. The Morgan fingerprint density at radius 1 is 1.53 bits per heavy atom. The van der Waals surface area contributed by atoms with E-state index in [0.717, 1.165) is 37.2 Å². The van der Waals surface area contributed by atoms with E-state index < -0.39 is 5.97 Å². The van der Waals surface area contributed by atoms with E-state index in [0.29, 0.717) is 17.0 Å². The molecule has 1 atom stereocenters. The van der Waals surface area contributed by atoms with Gasteiger partial charge in [0.25, 0.3) is 0 Å². The van der Waals surface area contributed by atoms with Crippen molar-refractivity contribution in [1.29, 1.82) is 0 Å². The lowest BCUT2D eigenvalue weighted by Gasteiger charge is -2.21. The highest BCUT2D eigenvalue weighted by molar-refractivity contribution is 7.18. The minimum Gasteiger partial charge on any atom is -0.477 e. The molecule has 1 saturated heterocycles. The fourth-order valence-corrected chi connectivity index (χ4v) is 3.05. The number of carboxylic acids is 1. The molecule has 0 bridgehead atoms. The van der Waals surface area contributed by atoms with Crippen molar-refractivity contribution in [2.45, 2.75) is 38.7 Å². The summed E-state index contributed by atoms with van der Waals surface area (Å²) in [7, 11) is 0. The van der Waals surface area contributed by atoms with Gasteiger partial charge in [-0.05, 0) is 37.8 Å². The maximum Gasteiger partial charge on any atom is 0.346 e. The summed E-state index contributed by atoms with van der Waals surface area (Å²) in [6.45, 7) is 2.44. The predicted molar refractivity (Wildman–Crippen MR) is 72.9 cm³/mol. The molecule has 0 spiro atoms. The van der Waals surface area contributed by atoms with Gasteiger partial charge in [-0.1, -0.05) is 0 Å². The van der Waals surface area contributed by atoms with Gasteiger partial charge in [0.1, 0.15) is 4.88 Å². The zero-order valence-corrected chi connectivity index (χ0v) is 11.6. The lowest BCUT2D eigenvalue weighted by molar-refractivity contribution is -0.119. The smallest absolute Gasteiger partial charge is 0.346 e. The number of rotatable bonds is 4.